The zero-order chi connectivity index (χ0) is 15.8. The molecule has 0 N–H and O–H groups in total. The van der Waals surface area contributed by atoms with Crippen molar-refractivity contribution in [1.82, 2.24) is 0 Å². The standard InChI is InChI=1S/C18H23ClFN/c1-5-7-11-21-14(4)15(6-2)12-13(3)18-16(19)9-8-10-17(18)20/h6,8-10,12H,5,7,11H2,1-4H3/b13-12+,15-6-,21-14?. The Bertz CT molecular complexity index is 550. The predicted octanol–water partition coefficient (Wildman–Crippen LogP) is 6.09. The topological polar surface area (TPSA) is 12.4 Å². The Morgan fingerprint density at radius 2 is 2.05 bits per heavy atom. The summed E-state index contributed by atoms with van der Waals surface area (Å²) in [4.78, 5) is 4.55. The van der Waals surface area contributed by atoms with Crippen molar-refractivity contribution in [3.63, 3.8) is 0 Å². The maximum absolute atomic E-state index is 13.9. The molecule has 0 aliphatic rings. The van der Waals surface area contributed by atoms with Gasteiger partial charge in [0.1, 0.15) is 5.82 Å². The number of unbranched alkanes of at least 4 members (excludes halogenated alkanes) is 1. The van der Waals surface area contributed by atoms with E-state index in [0.29, 0.717) is 10.6 Å². The van der Waals surface area contributed by atoms with Crippen molar-refractivity contribution < 1.29 is 4.39 Å². The van der Waals surface area contributed by atoms with E-state index in [-0.39, 0.29) is 5.82 Å². The van der Waals surface area contributed by atoms with Crippen molar-refractivity contribution >= 4 is 22.9 Å². The quantitative estimate of drug-likeness (QED) is 0.342. The summed E-state index contributed by atoms with van der Waals surface area (Å²) in [6, 6.07) is 4.74. The molecule has 1 aromatic carbocycles. The molecule has 0 saturated carbocycles. The van der Waals surface area contributed by atoms with Crippen LogP contribution in [0.4, 0.5) is 4.39 Å². The van der Waals surface area contributed by atoms with Crippen molar-refractivity contribution in [3.8, 4) is 0 Å². The highest BCUT2D eigenvalue weighted by atomic mass is 35.5. The van der Waals surface area contributed by atoms with E-state index >= 15 is 0 Å². The summed E-state index contributed by atoms with van der Waals surface area (Å²) in [7, 11) is 0. The van der Waals surface area contributed by atoms with Gasteiger partial charge >= 0.3 is 0 Å². The first-order chi connectivity index (χ1) is 10.0. The van der Waals surface area contributed by atoms with Gasteiger partial charge < -0.3 is 0 Å². The minimum atomic E-state index is -0.299. The van der Waals surface area contributed by atoms with Crippen LogP contribution in [0, 0.1) is 5.82 Å². The van der Waals surface area contributed by atoms with Crippen molar-refractivity contribution in [3.05, 3.63) is 52.3 Å². The summed E-state index contributed by atoms with van der Waals surface area (Å²) in [5.74, 6) is -0.299. The van der Waals surface area contributed by atoms with Gasteiger partial charge in [0.05, 0.1) is 5.02 Å². The fourth-order valence-corrected chi connectivity index (χ4v) is 2.38. The molecule has 0 aliphatic carbocycles. The van der Waals surface area contributed by atoms with Crippen molar-refractivity contribution in [2.24, 2.45) is 4.99 Å². The van der Waals surface area contributed by atoms with Crippen LogP contribution in [0.3, 0.4) is 0 Å². The van der Waals surface area contributed by atoms with E-state index in [4.69, 9.17) is 11.6 Å². The van der Waals surface area contributed by atoms with Crippen LogP contribution in [0.2, 0.25) is 5.02 Å². The highest BCUT2D eigenvalue weighted by Gasteiger charge is 2.09. The lowest BCUT2D eigenvalue weighted by Crippen LogP contribution is -1.98. The first-order valence-electron chi connectivity index (χ1n) is 7.31. The van der Waals surface area contributed by atoms with Gasteiger partial charge in [-0.25, -0.2) is 4.39 Å². The molecule has 21 heavy (non-hydrogen) atoms. The number of allylic oxidation sites excluding steroid dienone is 4. The number of aliphatic imine (C=N–C) groups is 1. The third-order valence-corrected chi connectivity index (χ3v) is 3.63. The zero-order valence-corrected chi connectivity index (χ0v) is 14.0. The summed E-state index contributed by atoms with van der Waals surface area (Å²) < 4.78 is 13.9. The number of benzene rings is 1. The largest absolute Gasteiger partial charge is 0.289 e. The lowest BCUT2D eigenvalue weighted by atomic mass is 10.0. The molecule has 1 nitrogen and oxygen atoms in total. The molecule has 0 saturated heterocycles. The average Bonchev–Trinajstić information content (AvgIpc) is 2.44. The Morgan fingerprint density at radius 3 is 2.62 bits per heavy atom. The number of rotatable bonds is 6. The predicted molar refractivity (Wildman–Crippen MR) is 91.7 cm³/mol. The van der Waals surface area contributed by atoms with Crippen LogP contribution in [0.1, 0.15) is 46.1 Å². The van der Waals surface area contributed by atoms with Gasteiger partial charge in [0, 0.05) is 17.8 Å². The molecule has 0 heterocycles. The van der Waals surface area contributed by atoms with Crippen molar-refractivity contribution in [2.45, 2.75) is 40.5 Å². The van der Waals surface area contributed by atoms with Crippen LogP contribution in [0.5, 0.6) is 0 Å². The number of hydrogen-bond acceptors (Lipinski definition) is 1. The Balaban J connectivity index is 3.06. The maximum Gasteiger partial charge on any atom is 0.132 e. The second-order valence-electron chi connectivity index (χ2n) is 4.99. The molecule has 114 valence electrons. The first-order valence-corrected chi connectivity index (χ1v) is 7.69. The lowest BCUT2D eigenvalue weighted by Gasteiger charge is -2.08. The first kappa shape index (κ1) is 17.6. The van der Waals surface area contributed by atoms with Crippen molar-refractivity contribution in [2.75, 3.05) is 6.54 Å². The maximum atomic E-state index is 13.9. The summed E-state index contributed by atoms with van der Waals surface area (Å²) in [5.41, 5.74) is 3.23. The molecular weight excluding hydrogens is 285 g/mol. The lowest BCUT2D eigenvalue weighted by molar-refractivity contribution is 0.624. The molecule has 0 amide bonds. The minimum absolute atomic E-state index is 0.299. The van der Waals surface area contributed by atoms with Crippen LogP contribution < -0.4 is 0 Å². The van der Waals surface area contributed by atoms with E-state index in [1.54, 1.807) is 12.1 Å². The van der Waals surface area contributed by atoms with Crippen molar-refractivity contribution in [1.29, 1.82) is 0 Å². The highest BCUT2D eigenvalue weighted by molar-refractivity contribution is 6.32. The van der Waals surface area contributed by atoms with Crippen LogP contribution in [0.25, 0.3) is 5.57 Å². The van der Waals surface area contributed by atoms with Gasteiger partial charge in [-0.15, -0.1) is 0 Å². The van der Waals surface area contributed by atoms with Crippen LogP contribution in [-0.4, -0.2) is 12.3 Å². The summed E-state index contributed by atoms with van der Waals surface area (Å²) in [5, 5.41) is 0.430. The molecule has 0 aliphatic heterocycles. The van der Waals surface area contributed by atoms with Gasteiger partial charge in [-0.1, -0.05) is 37.1 Å². The number of halogens is 2. The van der Waals surface area contributed by atoms with Gasteiger partial charge in [0.15, 0.2) is 0 Å². The monoisotopic (exact) mass is 307 g/mol. The molecular formula is C18H23ClFN. The van der Waals surface area contributed by atoms with E-state index in [1.807, 2.05) is 32.9 Å². The third kappa shape index (κ3) is 5.13. The van der Waals surface area contributed by atoms with Gasteiger partial charge in [-0.3, -0.25) is 4.99 Å². The highest BCUT2D eigenvalue weighted by Crippen LogP contribution is 2.27. The Hall–Kier alpha value is -1.41. The molecule has 0 radical (unpaired) electrons. The SMILES string of the molecule is C/C=C(/C=C(\C)c1c(F)cccc1Cl)C(C)=NCCCC. The van der Waals surface area contributed by atoms with Crippen LogP contribution in [0.15, 0.2) is 40.9 Å². The fraction of sp³-hybridized carbons (Fsp3) is 0.389. The second kappa shape index (κ2) is 8.78. The number of nitrogens with zero attached hydrogens (tertiary/aromatic N) is 1. The third-order valence-electron chi connectivity index (χ3n) is 3.32. The van der Waals surface area contributed by atoms with Crippen LogP contribution in [-0.2, 0) is 0 Å². The molecule has 0 fully saturated rings. The molecule has 0 bridgehead atoms. The van der Waals surface area contributed by atoms with E-state index in [2.05, 4.69) is 11.9 Å². The van der Waals surface area contributed by atoms with Gasteiger partial charge in [-0.2, -0.15) is 0 Å². The molecule has 1 aromatic rings. The average molecular weight is 308 g/mol. The molecule has 0 atom stereocenters. The zero-order valence-electron chi connectivity index (χ0n) is 13.2. The summed E-state index contributed by atoms with van der Waals surface area (Å²) in [6.07, 6.45) is 6.13. The van der Waals surface area contributed by atoms with E-state index < -0.39 is 0 Å². The van der Waals surface area contributed by atoms with Gasteiger partial charge in [0.2, 0.25) is 0 Å². The van der Waals surface area contributed by atoms with E-state index in [0.717, 1.165) is 36.2 Å². The molecule has 3 heteroatoms. The summed E-state index contributed by atoms with van der Waals surface area (Å²) >= 11 is 6.10. The molecule has 0 aromatic heterocycles. The Morgan fingerprint density at radius 1 is 1.33 bits per heavy atom. The smallest absolute Gasteiger partial charge is 0.132 e. The minimum Gasteiger partial charge on any atom is -0.289 e. The molecule has 0 unspecified atom stereocenters. The van der Waals surface area contributed by atoms with Crippen LogP contribution >= 0.6 is 11.6 Å². The number of hydrogen-bond donors (Lipinski definition) is 0. The molecule has 1 rings (SSSR count). The Labute approximate surface area is 132 Å². The van der Waals surface area contributed by atoms with E-state index in [9.17, 15) is 4.39 Å². The Kier molecular flexibility index (Phi) is 7.38. The van der Waals surface area contributed by atoms with Gasteiger partial charge in [-0.05, 0) is 56.5 Å². The fourth-order valence-electron chi connectivity index (χ4n) is 2.07. The van der Waals surface area contributed by atoms with Gasteiger partial charge in [0.25, 0.3) is 0 Å². The molecule has 0 spiro atoms. The summed E-state index contributed by atoms with van der Waals surface area (Å²) in [6.45, 7) is 8.78. The normalized spacial score (nSPS) is 13.7. The second-order valence-corrected chi connectivity index (χ2v) is 5.40. The van der Waals surface area contributed by atoms with E-state index in [1.165, 1.54) is 6.07 Å².